The van der Waals surface area contributed by atoms with Crippen molar-refractivity contribution < 1.29 is 9.66 Å². The van der Waals surface area contributed by atoms with Gasteiger partial charge >= 0.3 is 0 Å². The third-order valence-corrected chi connectivity index (χ3v) is 4.49. The van der Waals surface area contributed by atoms with Crippen LogP contribution in [-0.4, -0.2) is 24.2 Å². The number of nitro benzene ring substituents is 1. The summed E-state index contributed by atoms with van der Waals surface area (Å²) >= 11 is 0. The van der Waals surface area contributed by atoms with Crippen LogP contribution in [0.1, 0.15) is 38.8 Å². The number of rotatable bonds is 5. The Labute approximate surface area is 119 Å². The van der Waals surface area contributed by atoms with E-state index in [1.165, 1.54) is 6.07 Å². The van der Waals surface area contributed by atoms with Crippen LogP contribution in [0.5, 0.6) is 0 Å². The van der Waals surface area contributed by atoms with Crippen LogP contribution in [0.3, 0.4) is 0 Å². The Morgan fingerprint density at radius 1 is 1.50 bits per heavy atom. The zero-order valence-electron chi connectivity index (χ0n) is 12.4. The van der Waals surface area contributed by atoms with Gasteiger partial charge in [-0.05, 0) is 18.9 Å². The van der Waals surface area contributed by atoms with Gasteiger partial charge in [-0.15, -0.1) is 0 Å². The van der Waals surface area contributed by atoms with E-state index in [4.69, 9.17) is 4.74 Å². The second kappa shape index (κ2) is 5.50. The molecule has 0 heterocycles. The first-order valence-corrected chi connectivity index (χ1v) is 6.89. The predicted octanol–water partition coefficient (Wildman–Crippen LogP) is 3.06. The molecular formula is C15H22N2O3. The van der Waals surface area contributed by atoms with E-state index < -0.39 is 0 Å². The minimum absolute atomic E-state index is 0.0805. The van der Waals surface area contributed by atoms with Crippen molar-refractivity contribution >= 4 is 5.69 Å². The van der Waals surface area contributed by atoms with Gasteiger partial charge < -0.3 is 10.1 Å². The first-order valence-electron chi connectivity index (χ1n) is 6.89. The molecule has 5 heteroatoms. The Balaban J connectivity index is 2.04. The van der Waals surface area contributed by atoms with Gasteiger partial charge in [-0.3, -0.25) is 10.1 Å². The molecule has 0 spiro atoms. The Kier molecular flexibility index (Phi) is 4.11. The van der Waals surface area contributed by atoms with E-state index in [-0.39, 0.29) is 28.2 Å². The molecule has 0 amide bonds. The second-order valence-electron chi connectivity index (χ2n) is 6.07. The second-order valence-corrected chi connectivity index (χ2v) is 6.07. The maximum Gasteiger partial charge on any atom is 0.269 e. The van der Waals surface area contributed by atoms with Crippen LogP contribution < -0.4 is 5.32 Å². The molecule has 1 aromatic carbocycles. The molecular weight excluding hydrogens is 256 g/mol. The van der Waals surface area contributed by atoms with Gasteiger partial charge in [0, 0.05) is 36.7 Å². The molecule has 20 heavy (non-hydrogen) atoms. The summed E-state index contributed by atoms with van der Waals surface area (Å²) in [6, 6.07) is 7.25. The number of benzene rings is 1. The summed E-state index contributed by atoms with van der Waals surface area (Å²) in [5.41, 5.74) is 1.17. The van der Waals surface area contributed by atoms with Crippen LogP contribution in [0.25, 0.3) is 0 Å². The van der Waals surface area contributed by atoms with E-state index >= 15 is 0 Å². The fraction of sp³-hybridized carbons (Fsp3) is 0.600. The fourth-order valence-corrected chi connectivity index (χ4v) is 2.87. The van der Waals surface area contributed by atoms with Crippen LogP contribution in [0, 0.1) is 15.5 Å². The number of nitrogens with zero attached hydrogens (tertiary/aromatic N) is 1. The van der Waals surface area contributed by atoms with E-state index in [0.29, 0.717) is 6.04 Å². The topological polar surface area (TPSA) is 64.4 Å². The van der Waals surface area contributed by atoms with Crippen molar-refractivity contribution in [3.8, 4) is 0 Å². The molecule has 3 unspecified atom stereocenters. The highest BCUT2D eigenvalue weighted by Gasteiger charge is 2.48. The van der Waals surface area contributed by atoms with Crippen molar-refractivity contribution in [2.24, 2.45) is 5.41 Å². The van der Waals surface area contributed by atoms with Crippen molar-refractivity contribution in [2.45, 2.75) is 45.4 Å². The number of hydrogen-bond acceptors (Lipinski definition) is 4. The van der Waals surface area contributed by atoms with Crippen molar-refractivity contribution in [1.29, 1.82) is 0 Å². The Morgan fingerprint density at radius 2 is 2.20 bits per heavy atom. The van der Waals surface area contributed by atoms with Crippen LogP contribution in [0.15, 0.2) is 24.3 Å². The minimum atomic E-state index is -0.357. The lowest BCUT2D eigenvalue weighted by Gasteiger charge is -2.52. The average molecular weight is 278 g/mol. The first-order chi connectivity index (χ1) is 9.36. The third kappa shape index (κ3) is 2.69. The maximum atomic E-state index is 10.8. The number of ether oxygens (including phenoxy) is 1. The van der Waals surface area contributed by atoms with Gasteiger partial charge in [-0.2, -0.15) is 0 Å². The molecule has 1 aromatic rings. The SMILES string of the molecule is COC1CC(NC(C)c2cccc([N+](=O)[O-])c2)C1(C)C. The van der Waals surface area contributed by atoms with Gasteiger partial charge in [0.1, 0.15) is 0 Å². The van der Waals surface area contributed by atoms with Crippen molar-refractivity contribution in [3.05, 3.63) is 39.9 Å². The number of nitrogens with one attached hydrogen (secondary N) is 1. The van der Waals surface area contributed by atoms with Crippen LogP contribution in [0.2, 0.25) is 0 Å². The lowest BCUT2D eigenvalue weighted by molar-refractivity contribution is -0.384. The van der Waals surface area contributed by atoms with Gasteiger partial charge in [0.05, 0.1) is 11.0 Å². The van der Waals surface area contributed by atoms with Gasteiger partial charge in [-0.1, -0.05) is 26.0 Å². The molecule has 1 aliphatic carbocycles. The summed E-state index contributed by atoms with van der Waals surface area (Å²) in [5.74, 6) is 0. The molecule has 110 valence electrons. The van der Waals surface area contributed by atoms with E-state index in [9.17, 15) is 10.1 Å². The zero-order chi connectivity index (χ0) is 14.9. The molecule has 1 aliphatic rings. The lowest BCUT2D eigenvalue weighted by atomic mass is 9.64. The smallest absolute Gasteiger partial charge is 0.269 e. The third-order valence-electron chi connectivity index (χ3n) is 4.49. The standard InChI is InChI=1S/C15H22N2O3/c1-10(11-6-5-7-12(8-11)17(18)19)16-13-9-14(20-4)15(13,2)3/h5-8,10,13-14,16H,9H2,1-4H3. The van der Waals surface area contributed by atoms with Crippen molar-refractivity contribution in [1.82, 2.24) is 5.32 Å². The highest BCUT2D eigenvalue weighted by molar-refractivity contribution is 5.35. The molecule has 1 saturated carbocycles. The number of hydrogen-bond donors (Lipinski definition) is 1. The van der Waals surface area contributed by atoms with E-state index in [0.717, 1.165) is 12.0 Å². The molecule has 0 bridgehead atoms. The lowest BCUT2D eigenvalue weighted by Crippen LogP contribution is -2.60. The quantitative estimate of drug-likeness (QED) is 0.664. The zero-order valence-corrected chi connectivity index (χ0v) is 12.4. The fourth-order valence-electron chi connectivity index (χ4n) is 2.87. The predicted molar refractivity (Wildman–Crippen MR) is 77.6 cm³/mol. The number of methoxy groups -OCH3 is 1. The Hall–Kier alpha value is -1.46. The molecule has 3 atom stereocenters. The Bertz CT molecular complexity index is 502. The molecule has 0 aromatic heterocycles. The summed E-state index contributed by atoms with van der Waals surface area (Å²) in [6.07, 6.45) is 1.25. The Morgan fingerprint density at radius 3 is 2.75 bits per heavy atom. The molecule has 0 saturated heterocycles. The summed E-state index contributed by atoms with van der Waals surface area (Å²) < 4.78 is 5.44. The highest BCUT2D eigenvalue weighted by Crippen LogP contribution is 2.43. The summed E-state index contributed by atoms with van der Waals surface area (Å²) in [5, 5.41) is 14.4. The van der Waals surface area contributed by atoms with E-state index in [1.807, 2.05) is 13.0 Å². The number of non-ortho nitro benzene ring substituents is 1. The normalized spacial score (nSPS) is 25.8. The average Bonchev–Trinajstić information content (AvgIpc) is 2.42. The summed E-state index contributed by atoms with van der Waals surface area (Å²) in [4.78, 5) is 10.5. The van der Waals surface area contributed by atoms with Crippen LogP contribution in [0.4, 0.5) is 5.69 Å². The molecule has 1 N–H and O–H groups in total. The highest BCUT2D eigenvalue weighted by atomic mass is 16.6. The molecule has 0 radical (unpaired) electrons. The molecule has 2 rings (SSSR count). The van der Waals surface area contributed by atoms with Gasteiger partial charge in [-0.25, -0.2) is 0 Å². The van der Waals surface area contributed by atoms with Crippen LogP contribution in [-0.2, 0) is 4.74 Å². The van der Waals surface area contributed by atoms with Crippen LogP contribution >= 0.6 is 0 Å². The van der Waals surface area contributed by atoms with Gasteiger partial charge in [0.2, 0.25) is 0 Å². The van der Waals surface area contributed by atoms with E-state index in [1.54, 1.807) is 19.2 Å². The largest absolute Gasteiger partial charge is 0.381 e. The van der Waals surface area contributed by atoms with Gasteiger partial charge in [0.25, 0.3) is 5.69 Å². The maximum absolute atomic E-state index is 10.8. The van der Waals surface area contributed by atoms with Crippen molar-refractivity contribution in [3.63, 3.8) is 0 Å². The minimum Gasteiger partial charge on any atom is -0.381 e. The molecule has 5 nitrogen and oxygen atoms in total. The monoisotopic (exact) mass is 278 g/mol. The summed E-state index contributed by atoms with van der Waals surface area (Å²) in [7, 11) is 1.74. The summed E-state index contributed by atoms with van der Waals surface area (Å²) in [6.45, 7) is 6.40. The van der Waals surface area contributed by atoms with E-state index in [2.05, 4.69) is 19.2 Å². The van der Waals surface area contributed by atoms with Gasteiger partial charge in [0.15, 0.2) is 0 Å². The molecule has 1 fully saturated rings. The molecule has 0 aliphatic heterocycles. The number of nitro groups is 1. The first kappa shape index (κ1) is 14.9. The van der Waals surface area contributed by atoms with Crippen molar-refractivity contribution in [2.75, 3.05) is 7.11 Å².